The number of rotatable bonds is 9. The summed E-state index contributed by atoms with van der Waals surface area (Å²) in [5.41, 5.74) is 4.11. The number of allylic oxidation sites excluding steroid dienone is 2. The van der Waals surface area contributed by atoms with Crippen LogP contribution in [0.1, 0.15) is 53.7 Å². The second kappa shape index (κ2) is 11.8. The Balaban J connectivity index is 1.95. The molecular weight excluding hydrogens is 472 g/mol. The fraction of sp³-hybridized carbons (Fsp3) is 0.346. The molecule has 2 amide bonds. The number of hydrogen-bond donors (Lipinski definition) is 2. The van der Waals surface area contributed by atoms with Gasteiger partial charge in [-0.15, -0.1) is 0 Å². The molecule has 0 radical (unpaired) electrons. The Morgan fingerprint density at radius 1 is 1.20 bits per heavy atom. The van der Waals surface area contributed by atoms with Crippen LogP contribution in [0.4, 0.5) is 16.2 Å². The molecule has 0 saturated heterocycles. The molecule has 2 aromatic rings. The third-order valence-corrected chi connectivity index (χ3v) is 6.05. The molecular formula is C26H29ClN2O6. The van der Waals surface area contributed by atoms with Gasteiger partial charge in [0.15, 0.2) is 0 Å². The Morgan fingerprint density at radius 3 is 2.63 bits per heavy atom. The summed E-state index contributed by atoms with van der Waals surface area (Å²) in [5.74, 6) is -0.208. The Labute approximate surface area is 209 Å². The summed E-state index contributed by atoms with van der Waals surface area (Å²) in [5, 5.41) is 5.91. The molecule has 9 heteroatoms. The fourth-order valence-electron chi connectivity index (χ4n) is 3.93. The number of cyclic esters (lactones) is 1. The van der Waals surface area contributed by atoms with Crippen LogP contribution >= 0.6 is 11.6 Å². The van der Waals surface area contributed by atoms with Crippen LogP contribution in [0.3, 0.4) is 0 Å². The van der Waals surface area contributed by atoms with Crippen molar-refractivity contribution in [1.82, 2.24) is 0 Å². The number of halogens is 1. The molecule has 2 aromatic carbocycles. The van der Waals surface area contributed by atoms with Gasteiger partial charge in [0.2, 0.25) is 0 Å². The minimum atomic E-state index is -0.560. The van der Waals surface area contributed by atoms with Gasteiger partial charge in [-0.25, -0.2) is 9.59 Å². The number of carbonyl (C=O) groups excluding carboxylic acids is 3. The Hall–Kier alpha value is -3.52. The van der Waals surface area contributed by atoms with E-state index in [1.807, 2.05) is 19.9 Å². The van der Waals surface area contributed by atoms with Crippen molar-refractivity contribution in [2.24, 2.45) is 0 Å². The zero-order chi connectivity index (χ0) is 25.5. The van der Waals surface area contributed by atoms with Gasteiger partial charge >= 0.3 is 18.0 Å². The first-order valence-electron chi connectivity index (χ1n) is 11.3. The van der Waals surface area contributed by atoms with Crippen molar-refractivity contribution in [3.05, 3.63) is 63.2 Å². The lowest BCUT2D eigenvalue weighted by molar-refractivity contribution is -0.143. The maximum Gasteiger partial charge on any atom is 0.341 e. The topological polar surface area (TPSA) is 103 Å². The fourth-order valence-corrected chi connectivity index (χ4v) is 4.11. The van der Waals surface area contributed by atoms with Crippen molar-refractivity contribution >= 4 is 40.9 Å². The van der Waals surface area contributed by atoms with Gasteiger partial charge in [0.1, 0.15) is 12.4 Å². The van der Waals surface area contributed by atoms with Crippen molar-refractivity contribution in [2.75, 3.05) is 24.4 Å². The maximum absolute atomic E-state index is 12.9. The highest BCUT2D eigenvalue weighted by atomic mass is 35.5. The second-order valence-electron chi connectivity index (χ2n) is 8.06. The molecule has 186 valence electrons. The summed E-state index contributed by atoms with van der Waals surface area (Å²) in [7, 11) is 1.54. The molecule has 0 aromatic heterocycles. The van der Waals surface area contributed by atoms with E-state index in [0.717, 1.165) is 11.1 Å². The predicted molar refractivity (Wildman–Crippen MR) is 134 cm³/mol. The summed E-state index contributed by atoms with van der Waals surface area (Å²) in [6, 6.07) is 6.29. The molecule has 1 heterocycles. The van der Waals surface area contributed by atoms with E-state index in [-0.39, 0.29) is 19.0 Å². The van der Waals surface area contributed by atoms with E-state index in [9.17, 15) is 14.4 Å². The third kappa shape index (κ3) is 6.14. The van der Waals surface area contributed by atoms with E-state index in [2.05, 4.69) is 10.6 Å². The lowest BCUT2D eigenvalue weighted by atomic mass is 9.93. The first kappa shape index (κ1) is 26.1. The molecule has 0 spiro atoms. The molecule has 35 heavy (non-hydrogen) atoms. The van der Waals surface area contributed by atoms with E-state index < -0.39 is 12.0 Å². The quantitative estimate of drug-likeness (QED) is 0.333. The zero-order valence-corrected chi connectivity index (χ0v) is 21.0. The van der Waals surface area contributed by atoms with E-state index in [1.54, 1.807) is 38.3 Å². The Morgan fingerprint density at radius 2 is 1.94 bits per heavy atom. The third-order valence-electron chi connectivity index (χ3n) is 5.72. The lowest BCUT2D eigenvalue weighted by Gasteiger charge is -2.20. The summed E-state index contributed by atoms with van der Waals surface area (Å²) < 4.78 is 16.0. The highest BCUT2D eigenvalue weighted by Gasteiger charge is 2.32. The molecule has 0 aliphatic carbocycles. The van der Waals surface area contributed by atoms with Crippen LogP contribution in [0, 0.1) is 6.92 Å². The van der Waals surface area contributed by atoms with Crippen LogP contribution < -0.4 is 15.4 Å². The number of ether oxygens (including phenoxy) is 3. The number of benzene rings is 2. The smallest absolute Gasteiger partial charge is 0.341 e. The predicted octanol–water partition coefficient (Wildman–Crippen LogP) is 5.80. The SMILES string of the molecule is CCOC(=O)CCC(C)=CCc1c(NC(=O)Nc2ccccc2Cl)c2c(c(C)c1OC)COC2=O. The largest absolute Gasteiger partial charge is 0.496 e. The van der Waals surface area contributed by atoms with Gasteiger partial charge in [0, 0.05) is 17.5 Å². The van der Waals surface area contributed by atoms with Crippen molar-refractivity contribution < 1.29 is 28.6 Å². The van der Waals surface area contributed by atoms with Crippen molar-refractivity contribution in [2.45, 2.75) is 46.6 Å². The number of amides is 2. The lowest BCUT2D eigenvalue weighted by Crippen LogP contribution is -2.22. The van der Waals surface area contributed by atoms with Crippen LogP contribution in [0.15, 0.2) is 35.9 Å². The van der Waals surface area contributed by atoms with Crippen LogP contribution in [0.2, 0.25) is 5.02 Å². The average Bonchev–Trinajstić information content (AvgIpc) is 3.22. The number of hydrogen-bond acceptors (Lipinski definition) is 6. The van der Waals surface area contributed by atoms with E-state index in [4.69, 9.17) is 25.8 Å². The maximum atomic E-state index is 12.9. The minimum Gasteiger partial charge on any atom is -0.496 e. The molecule has 1 aliphatic heterocycles. The van der Waals surface area contributed by atoms with Crippen LogP contribution in [0.25, 0.3) is 0 Å². The zero-order valence-electron chi connectivity index (χ0n) is 20.2. The van der Waals surface area contributed by atoms with Gasteiger partial charge in [0.05, 0.1) is 35.7 Å². The van der Waals surface area contributed by atoms with Gasteiger partial charge in [-0.3, -0.25) is 4.79 Å². The number of urea groups is 1. The summed E-state index contributed by atoms with van der Waals surface area (Å²) in [4.78, 5) is 37.2. The monoisotopic (exact) mass is 500 g/mol. The molecule has 0 saturated carbocycles. The number of para-hydroxylation sites is 1. The summed E-state index contributed by atoms with van der Waals surface area (Å²) in [6.07, 6.45) is 3.11. The van der Waals surface area contributed by atoms with Gasteiger partial charge in [0.25, 0.3) is 0 Å². The highest BCUT2D eigenvalue weighted by Crippen LogP contribution is 2.41. The van der Waals surface area contributed by atoms with E-state index >= 15 is 0 Å². The number of anilines is 2. The number of carbonyl (C=O) groups is 3. The molecule has 3 rings (SSSR count). The van der Waals surface area contributed by atoms with Crippen molar-refractivity contribution in [3.8, 4) is 5.75 Å². The average molecular weight is 501 g/mol. The van der Waals surface area contributed by atoms with E-state index in [1.165, 1.54) is 0 Å². The Bertz CT molecular complexity index is 1170. The molecule has 1 aliphatic rings. The van der Waals surface area contributed by atoms with Crippen molar-refractivity contribution in [3.63, 3.8) is 0 Å². The van der Waals surface area contributed by atoms with Gasteiger partial charge in [-0.2, -0.15) is 0 Å². The second-order valence-corrected chi connectivity index (χ2v) is 8.47. The van der Waals surface area contributed by atoms with Crippen LogP contribution in [-0.4, -0.2) is 31.7 Å². The van der Waals surface area contributed by atoms with Crippen molar-refractivity contribution in [1.29, 1.82) is 0 Å². The molecule has 0 atom stereocenters. The van der Waals surface area contributed by atoms with Gasteiger partial charge < -0.3 is 24.8 Å². The minimum absolute atomic E-state index is 0.103. The van der Waals surface area contributed by atoms with E-state index in [0.29, 0.717) is 58.3 Å². The normalized spacial score (nSPS) is 12.6. The van der Waals surface area contributed by atoms with Gasteiger partial charge in [-0.1, -0.05) is 35.4 Å². The molecule has 0 bridgehead atoms. The molecule has 2 N–H and O–H groups in total. The molecule has 0 unspecified atom stereocenters. The Kier molecular flexibility index (Phi) is 8.76. The summed E-state index contributed by atoms with van der Waals surface area (Å²) in [6.45, 7) is 5.98. The first-order chi connectivity index (χ1) is 16.8. The highest BCUT2D eigenvalue weighted by molar-refractivity contribution is 6.33. The number of fused-ring (bicyclic) bond motifs is 1. The summed E-state index contributed by atoms with van der Waals surface area (Å²) >= 11 is 6.17. The van der Waals surface area contributed by atoms with Crippen LogP contribution in [-0.2, 0) is 27.3 Å². The number of methoxy groups -OCH3 is 1. The van der Waals surface area contributed by atoms with Gasteiger partial charge in [-0.05, 0) is 51.3 Å². The first-order valence-corrected chi connectivity index (χ1v) is 11.7. The molecule has 0 fully saturated rings. The van der Waals surface area contributed by atoms with Crippen LogP contribution in [0.5, 0.6) is 5.75 Å². The molecule has 8 nitrogen and oxygen atoms in total. The number of nitrogens with one attached hydrogen (secondary N) is 2. The number of esters is 2. The standard InChI is InChI=1S/C26H29ClN2O6/c1-5-34-21(30)13-11-15(2)10-12-17-23(29-26(32)28-20-9-7-6-8-19(20)27)22-18(14-35-25(22)31)16(3)24(17)33-4/h6-10H,5,11-14H2,1-4H3,(H2,28,29,32).